The first-order valence-electron chi connectivity index (χ1n) is 7.89. The van der Waals surface area contributed by atoms with E-state index in [-0.39, 0.29) is 11.8 Å². The first-order valence-corrected chi connectivity index (χ1v) is 7.89. The topological polar surface area (TPSA) is 54.4 Å². The number of ketones is 1. The van der Waals surface area contributed by atoms with Crippen LogP contribution < -0.4 is 5.32 Å². The van der Waals surface area contributed by atoms with Crippen LogP contribution in [0.4, 0.5) is 0 Å². The Morgan fingerprint density at radius 1 is 1.04 bits per heavy atom. The van der Waals surface area contributed by atoms with Crippen molar-refractivity contribution in [2.75, 3.05) is 0 Å². The molecular weight excluding hydrogens is 286 g/mol. The van der Waals surface area contributed by atoms with Gasteiger partial charge in [0.2, 0.25) is 0 Å². The Labute approximate surface area is 135 Å². The molecule has 0 amide bonds. The van der Waals surface area contributed by atoms with Gasteiger partial charge in [-0.15, -0.1) is 0 Å². The summed E-state index contributed by atoms with van der Waals surface area (Å²) in [5, 5.41) is 3.37. The van der Waals surface area contributed by atoms with Gasteiger partial charge in [-0.1, -0.05) is 30.3 Å². The van der Waals surface area contributed by atoms with Crippen LogP contribution in [0.1, 0.15) is 36.4 Å². The van der Waals surface area contributed by atoms with Crippen LogP contribution in [-0.4, -0.2) is 16.6 Å². The van der Waals surface area contributed by atoms with Crippen LogP contribution in [0.5, 0.6) is 0 Å². The Hall–Kier alpha value is -2.75. The van der Waals surface area contributed by atoms with Crippen molar-refractivity contribution in [2.24, 2.45) is 4.99 Å². The van der Waals surface area contributed by atoms with E-state index in [0.29, 0.717) is 6.42 Å². The molecule has 2 heterocycles. The number of amidine groups is 1. The third-order valence-electron chi connectivity index (χ3n) is 4.31. The largest absolute Gasteiger partial charge is 0.343 e. The van der Waals surface area contributed by atoms with Gasteiger partial charge in [-0.2, -0.15) is 0 Å². The normalized spacial score (nSPS) is 20.6. The first kappa shape index (κ1) is 13.9. The third-order valence-corrected chi connectivity index (χ3v) is 4.31. The van der Waals surface area contributed by atoms with Crippen molar-refractivity contribution in [1.82, 2.24) is 10.3 Å². The quantitative estimate of drug-likeness (QED) is 0.927. The van der Waals surface area contributed by atoms with Crippen LogP contribution in [0.2, 0.25) is 0 Å². The summed E-state index contributed by atoms with van der Waals surface area (Å²) in [4.78, 5) is 21.5. The van der Waals surface area contributed by atoms with Crippen LogP contribution >= 0.6 is 0 Å². The van der Waals surface area contributed by atoms with Crippen molar-refractivity contribution in [2.45, 2.75) is 25.3 Å². The van der Waals surface area contributed by atoms with E-state index in [4.69, 9.17) is 4.99 Å². The minimum absolute atomic E-state index is 0.210. The van der Waals surface area contributed by atoms with Gasteiger partial charge in [-0.3, -0.25) is 14.8 Å². The van der Waals surface area contributed by atoms with E-state index in [9.17, 15) is 4.79 Å². The van der Waals surface area contributed by atoms with Gasteiger partial charge in [0.25, 0.3) is 0 Å². The number of allylic oxidation sites excluding steroid dienone is 1. The molecule has 0 saturated carbocycles. The molecule has 114 valence electrons. The lowest BCUT2D eigenvalue weighted by atomic mass is 9.85. The molecule has 1 aliphatic carbocycles. The van der Waals surface area contributed by atoms with Crippen molar-refractivity contribution < 1.29 is 4.79 Å². The highest BCUT2D eigenvalue weighted by Gasteiger charge is 2.32. The maximum absolute atomic E-state index is 12.5. The maximum Gasteiger partial charge on any atom is 0.163 e. The number of aliphatic imine (C=N–C) groups is 1. The predicted molar refractivity (Wildman–Crippen MR) is 89.0 cm³/mol. The Balaban J connectivity index is 1.83. The van der Waals surface area contributed by atoms with Crippen molar-refractivity contribution in [3.05, 3.63) is 77.3 Å². The van der Waals surface area contributed by atoms with E-state index in [1.165, 1.54) is 0 Å². The van der Waals surface area contributed by atoms with E-state index < -0.39 is 0 Å². The second kappa shape index (κ2) is 5.80. The molecule has 2 aliphatic rings. The van der Waals surface area contributed by atoms with Crippen molar-refractivity contribution in [3.63, 3.8) is 0 Å². The van der Waals surface area contributed by atoms with Crippen LogP contribution in [0.3, 0.4) is 0 Å². The molecule has 1 aliphatic heterocycles. The highest BCUT2D eigenvalue weighted by atomic mass is 16.1. The summed E-state index contributed by atoms with van der Waals surface area (Å²) < 4.78 is 0. The molecule has 2 aromatic rings. The Kier molecular flexibility index (Phi) is 3.50. The van der Waals surface area contributed by atoms with Crippen LogP contribution in [0, 0.1) is 0 Å². The van der Waals surface area contributed by atoms with Gasteiger partial charge in [0, 0.05) is 35.6 Å². The van der Waals surface area contributed by atoms with Gasteiger partial charge in [0.15, 0.2) is 5.78 Å². The molecule has 1 aromatic carbocycles. The number of nitrogens with zero attached hydrogens (tertiary/aromatic N) is 2. The van der Waals surface area contributed by atoms with Crippen LogP contribution in [0.15, 0.2) is 71.1 Å². The number of hydrogen-bond acceptors (Lipinski definition) is 4. The number of carbonyl (C=O) groups is 1. The SMILES string of the molecule is O=C1CCCC2=C1[C@@H](c1ccccc1)N=C(c1cccnc1)N2. The molecule has 4 nitrogen and oxygen atoms in total. The lowest BCUT2D eigenvalue weighted by Crippen LogP contribution is -2.35. The summed E-state index contributed by atoms with van der Waals surface area (Å²) in [6, 6.07) is 13.7. The standard InChI is InChI=1S/C19H17N3O/c23-16-10-4-9-15-17(16)18(13-6-2-1-3-7-13)22-19(21-15)14-8-5-11-20-12-14/h1-3,5-8,11-12,18H,4,9-10H2,(H,21,22)/t18-/m1/s1. The summed E-state index contributed by atoms with van der Waals surface area (Å²) in [5.41, 5.74) is 3.84. The van der Waals surface area contributed by atoms with Gasteiger partial charge in [-0.05, 0) is 30.5 Å². The molecule has 0 saturated heterocycles. The summed E-state index contributed by atoms with van der Waals surface area (Å²) >= 11 is 0. The number of aromatic nitrogens is 1. The molecule has 1 atom stereocenters. The molecule has 0 unspecified atom stereocenters. The summed E-state index contributed by atoms with van der Waals surface area (Å²) in [6.45, 7) is 0. The van der Waals surface area contributed by atoms with E-state index in [0.717, 1.165) is 41.1 Å². The molecule has 4 rings (SSSR count). The number of pyridine rings is 1. The third kappa shape index (κ3) is 2.57. The second-order valence-corrected chi connectivity index (χ2v) is 5.83. The molecule has 1 N–H and O–H groups in total. The van der Waals surface area contributed by atoms with Crippen molar-refractivity contribution in [3.8, 4) is 0 Å². The van der Waals surface area contributed by atoms with Gasteiger partial charge < -0.3 is 5.32 Å². The van der Waals surface area contributed by atoms with Gasteiger partial charge in [-0.25, -0.2) is 0 Å². The fraction of sp³-hybridized carbons (Fsp3) is 0.211. The van der Waals surface area contributed by atoms with E-state index in [1.54, 1.807) is 12.4 Å². The van der Waals surface area contributed by atoms with E-state index in [2.05, 4.69) is 10.3 Å². The maximum atomic E-state index is 12.5. The van der Waals surface area contributed by atoms with Crippen LogP contribution in [0.25, 0.3) is 0 Å². The number of rotatable bonds is 2. The lowest BCUT2D eigenvalue weighted by molar-refractivity contribution is -0.116. The first-order chi connectivity index (χ1) is 11.3. The van der Waals surface area contributed by atoms with Gasteiger partial charge in [0.1, 0.15) is 11.9 Å². The zero-order valence-electron chi connectivity index (χ0n) is 12.7. The Morgan fingerprint density at radius 3 is 2.70 bits per heavy atom. The minimum Gasteiger partial charge on any atom is -0.343 e. The Morgan fingerprint density at radius 2 is 1.91 bits per heavy atom. The zero-order chi connectivity index (χ0) is 15.6. The highest BCUT2D eigenvalue weighted by Crippen LogP contribution is 2.36. The van der Waals surface area contributed by atoms with Crippen LogP contribution in [-0.2, 0) is 4.79 Å². The molecule has 23 heavy (non-hydrogen) atoms. The molecular formula is C19H17N3O. The molecule has 4 heteroatoms. The van der Waals surface area contributed by atoms with E-state index in [1.807, 2.05) is 42.5 Å². The number of Topliss-reactive ketones (excluding diaryl/α,β-unsaturated/α-hetero) is 1. The fourth-order valence-electron chi connectivity index (χ4n) is 3.21. The average Bonchev–Trinajstić information content (AvgIpc) is 2.62. The molecule has 0 radical (unpaired) electrons. The molecule has 1 aromatic heterocycles. The highest BCUT2D eigenvalue weighted by molar-refractivity contribution is 6.05. The van der Waals surface area contributed by atoms with Crippen molar-refractivity contribution in [1.29, 1.82) is 0 Å². The minimum atomic E-state index is -0.226. The average molecular weight is 303 g/mol. The van der Waals surface area contributed by atoms with Gasteiger partial charge >= 0.3 is 0 Å². The number of benzene rings is 1. The fourth-order valence-corrected chi connectivity index (χ4v) is 3.21. The monoisotopic (exact) mass is 303 g/mol. The summed E-state index contributed by atoms with van der Waals surface area (Å²) in [7, 11) is 0. The number of carbonyl (C=O) groups excluding carboxylic acids is 1. The number of hydrogen-bond donors (Lipinski definition) is 1. The summed E-state index contributed by atoms with van der Waals surface area (Å²) in [5.74, 6) is 1.00. The van der Waals surface area contributed by atoms with E-state index >= 15 is 0 Å². The smallest absolute Gasteiger partial charge is 0.163 e. The molecule has 0 spiro atoms. The second-order valence-electron chi connectivity index (χ2n) is 5.83. The van der Waals surface area contributed by atoms with Crippen molar-refractivity contribution >= 4 is 11.6 Å². The summed E-state index contributed by atoms with van der Waals surface area (Å²) in [6.07, 6.45) is 5.94. The zero-order valence-corrected chi connectivity index (χ0v) is 12.7. The predicted octanol–water partition coefficient (Wildman–Crippen LogP) is 3.18. The van der Waals surface area contributed by atoms with Gasteiger partial charge in [0.05, 0.1) is 0 Å². The molecule has 0 fully saturated rings. The Bertz CT molecular complexity index is 794. The molecule has 0 bridgehead atoms. The number of nitrogens with one attached hydrogen (secondary N) is 1. The lowest BCUT2D eigenvalue weighted by Gasteiger charge is -2.30.